The maximum atomic E-state index is 13.4. The van der Waals surface area contributed by atoms with E-state index in [1.807, 2.05) is 92.6 Å². The number of benzene rings is 2. The van der Waals surface area contributed by atoms with Crippen molar-refractivity contribution in [3.63, 3.8) is 0 Å². The molecule has 17 nitrogen and oxygen atoms in total. The predicted molar refractivity (Wildman–Crippen MR) is 334 cm³/mol. The summed E-state index contributed by atoms with van der Waals surface area (Å²) < 4.78 is 140. The molecule has 5 fully saturated rings. The Labute approximate surface area is 528 Å². The molecular weight excluding hydrogens is 1300 g/mol. The monoisotopic (exact) mass is 1380 g/mol. The minimum atomic E-state index is -4.64. The number of carbonyl (C=O) groups is 2. The number of aryl methyl sites for hydroxylation is 2. The topological polar surface area (TPSA) is 186 Å². The lowest BCUT2D eigenvalue weighted by molar-refractivity contribution is -0.183. The van der Waals surface area contributed by atoms with Crippen LogP contribution in [0.25, 0.3) is 11.1 Å². The second kappa shape index (κ2) is 30.8. The number of hydrogen-bond donors (Lipinski definition) is 5. The zero-order valence-electron chi connectivity index (χ0n) is 50.4. The van der Waals surface area contributed by atoms with Gasteiger partial charge < -0.3 is 64.5 Å². The van der Waals surface area contributed by atoms with Crippen LogP contribution in [0, 0.1) is 35.2 Å². The summed E-state index contributed by atoms with van der Waals surface area (Å²) in [5.74, 6) is -0.621. The molecule has 5 saturated heterocycles. The minimum Gasteiger partial charge on any atom is -0.399 e. The molecule has 5 aliphatic rings. The predicted octanol–water partition coefficient (Wildman–Crippen LogP) is 10.9. The number of urea groups is 2. The first-order valence-electron chi connectivity index (χ1n) is 29.1. The molecule has 5 aliphatic heterocycles. The van der Waals surface area contributed by atoms with Gasteiger partial charge in [0, 0.05) is 85.8 Å². The van der Waals surface area contributed by atoms with Crippen molar-refractivity contribution < 1.29 is 78.1 Å². The third kappa shape index (κ3) is 20.0. The number of amides is 4. The number of rotatable bonds is 14. The van der Waals surface area contributed by atoms with Crippen molar-refractivity contribution >= 4 is 89.6 Å². The van der Waals surface area contributed by atoms with Crippen LogP contribution in [-0.4, -0.2) is 177 Å². The van der Waals surface area contributed by atoms with Crippen LogP contribution >= 0.6 is 36.1 Å². The molecule has 0 radical (unpaired) electrons. The maximum Gasteiger partial charge on any atom is 0.495 e. The fourth-order valence-corrected chi connectivity index (χ4v) is 11.1. The average molecular weight is 1380 g/mol. The summed E-state index contributed by atoms with van der Waals surface area (Å²) in [6.07, 6.45) is -12.0. The van der Waals surface area contributed by atoms with Gasteiger partial charge in [-0.3, -0.25) is 0 Å². The van der Waals surface area contributed by atoms with Crippen LogP contribution in [0.15, 0.2) is 60.7 Å². The highest BCUT2D eigenvalue weighted by molar-refractivity contribution is 14.1. The molecule has 0 unspecified atom stereocenters. The summed E-state index contributed by atoms with van der Waals surface area (Å²) in [7, 11) is -0.556. The summed E-state index contributed by atoms with van der Waals surface area (Å²) in [6, 6.07) is 15.1. The Kier molecular flexibility index (Phi) is 25.2. The summed E-state index contributed by atoms with van der Waals surface area (Å²) in [6.45, 7) is 18.3. The molecule has 0 saturated carbocycles. The van der Waals surface area contributed by atoms with Gasteiger partial charge in [0.25, 0.3) is 0 Å². The van der Waals surface area contributed by atoms with Crippen molar-refractivity contribution in [1.29, 1.82) is 0 Å². The number of nitrogens with one attached hydrogen (secondary N) is 3. The van der Waals surface area contributed by atoms with Gasteiger partial charge >= 0.3 is 37.7 Å². The number of anilines is 5. The van der Waals surface area contributed by atoms with Crippen molar-refractivity contribution in [2.24, 2.45) is 17.8 Å². The van der Waals surface area contributed by atoms with E-state index in [0.29, 0.717) is 106 Å². The number of halogens is 10. The summed E-state index contributed by atoms with van der Waals surface area (Å²) >= 11 is 2.07. The summed E-state index contributed by atoms with van der Waals surface area (Å²) in [5.41, 5.74) is 4.64. The van der Waals surface area contributed by atoms with Gasteiger partial charge in [-0.15, -0.1) is 0 Å². The zero-order chi connectivity index (χ0) is 63.6. The van der Waals surface area contributed by atoms with E-state index in [0.717, 1.165) is 51.7 Å². The van der Waals surface area contributed by atoms with Gasteiger partial charge in [-0.25, -0.2) is 19.6 Å². The number of morpholine rings is 2. The van der Waals surface area contributed by atoms with E-state index in [2.05, 4.69) is 55.4 Å². The van der Waals surface area contributed by atoms with E-state index < -0.39 is 80.4 Å². The molecule has 2 aromatic heterocycles. The highest BCUT2D eigenvalue weighted by Crippen LogP contribution is 2.38. The quantitative estimate of drug-likeness (QED) is 0.0457. The molecule has 4 amide bonds. The molecule has 7 heterocycles. The van der Waals surface area contributed by atoms with E-state index in [1.165, 1.54) is 4.90 Å². The molecular formula is C59H80BF9IN9O8S. The Bertz CT molecular complexity index is 2950. The molecule has 0 aliphatic carbocycles. The number of ether oxygens (including phenoxy) is 2. The van der Waals surface area contributed by atoms with E-state index in [9.17, 15) is 54.2 Å². The fourth-order valence-electron chi connectivity index (χ4n) is 10.5. The zero-order valence-corrected chi connectivity index (χ0v) is 53.6. The van der Waals surface area contributed by atoms with Crippen LogP contribution in [0.5, 0.6) is 0 Å². The second-order valence-electron chi connectivity index (χ2n) is 23.5. The molecule has 0 bridgehead atoms. The van der Waals surface area contributed by atoms with E-state index in [1.54, 1.807) is 24.3 Å². The summed E-state index contributed by atoms with van der Waals surface area (Å²) in [4.78, 5) is 41.3. The lowest BCUT2D eigenvalue weighted by atomic mass is 9.76. The van der Waals surface area contributed by atoms with Crippen molar-refractivity contribution in [2.75, 3.05) is 118 Å². The van der Waals surface area contributed by atoms with Crippen LogP contribution in [-0.2, 0) is 25.2 Å². The highest BCUT2D eigenvalue weighted by Gasteiger charge is 2.52. The SMILES string of the molecule is CC[C@@H]1CCN(C(=O)Nc2ccc(C)c(-c3cc(N[C@@H](CO)C(F)(F)F)nc(N4CCOCC4)c3)c2)C1.Cc1ccc(NC(=O)N2CC[C@@H](CC(F)(F)F)C2)cc1B1OC(C)(C)C(C)(C)O1.OC[C@H](Cc1cc(I)cc(N2CCOCC2)n1)C(F)(F)F.S. The molecule has 88 heavy (non-hydrogen) atoms. The van der Waals surface area contributed by atoms with E-state index in [4.69, 9.17) is 23.9 Å². The van der Waals surface area contributed by atoms with Gasteiger partial charge in [-0.1, -0.05) is 31.0 Å². The number of likely N-dealkylation sites (tertiary alicyclic amines) is 2. The lowest BCUT2D eigenvalue weighted by Gasteiger charge is -2.32. The van der Waals surface area contributed by atoms with Gasteiger partial charge in [-0.05, 0) is 159 Å². The normalized spacial score (nSPS) is 20.1. The van der Waals surface area contributed by atoms with Gasteiger partial charge in [-0.2, -0.15) is 53.0 Å². The molecule has 4 atom stereocenters. The first-order chi connectivity index (χ1) is 40.8. The smallest absolute Gasteiger partial charge is 0.399 e. The van der Waals surface area contributed by atoms with Gasteiger partial charge in [0.05, 0.1) is 56.8 Å². The molecule has 4 aromatic rings. The molecule has 0 spiro atoms. The van der Waals surface area contributed by atoms with E-state index >= 15 is 0 Å². The number of alkyl halides is 9. The standard InChI is InChI=1S/C26H34F3N5O3.C20H28BF3N2O3.C13H16F3IN2O2.H2S/c1-3-18-6-7-34(15-18)25(36)30-20-5-4-17(2)21(14-20)19-12-23(31-22(16-35)26(27,28)29)32-24(13-19)33-8-10-37-11-9-33;1-13-6-7-15(10-16(13)21-28-18(2,3)19(4,5)29-21)25-17(27)26-9-8-14(12-26)11-20(22,23)24;14-13(15,16)9(8-20)5-11-6-10(17)7-12(18-11)19-1-3-21-4-2-19;/h4-5,12-14,18,22,35H,3,6-11,15-16H2,1-2H3,(H,30,36)(H,31,32);6-7,10,14H,8-9,11-12H2,1-5H3,(H,25,27);6-7,9,20H,1-5,8H2;1H2/t18-,22+;14-;9-;/m100./s1. The van der Waals surface area contributed by atoms with Crippen molar-refractivity contribution in [1.82, 2.24) is 19.8 Å². The Morgan fingerprint density at radius 1 is 0.693 bits per heavy atom. The molecule has 29 heteroatoms. The van der Waals surface area contributed by atoms with Crippen LogP contribution in [0.4, 0.5) is 77.9 Å². The van der Waals surface area contributed by atoms with Crippen molar-refractivity contribution in [3.05, 3.63) is 81.1 Å². The first-order valence-corrected chi connectivity index (χ1v) is 30.1. The fraction of sp³-hybridized carbons (Fsp3) is 0.593. The van der Waals surface area contributed by atoms with Gasteiger partial charge in [0.1, 0.15) is 23.5 Å². The number of carbonyl (C=O) groups excluding carboxylic acids is 2. The average Bonchev–Trinajstić information content (AvgIpc) is 2.50. The molecule has 9 rings (SSSR count). The number of aliphatic hydroxyl groups is 2. The van der Waals surface area contributed by atoms with Crippen molar-refractivity contribution in [3.8, 4) is 11.1 Å². The Hall–Kier alpha value is -5.05. The lowest BCUT2D eigenvalue weighted by Crippen LogP contribution is -2.41. The summed E-state index contributed by atoms with van der Waals surface area (Å²) in [5, 5.41) is 26.4. The minimum absolute atomic E-state index is 0. The van der Waals surface area contributed by atoms with Crippen LogP contribution < -0.4 is 31.2 Å². The maximum absolute atomic E-state index is 13.4. The third-order valence-corrected chi connectivity index (χ3v) is 17.1. The third-order valence-electron chi connectivity index (χ3n) is 16.4. The number of aromatic nitrogens is 2. The number of nitrogens with zero attached hydrogens (tertiary/aromatic N) is 6. The molecule has 488 valence electrons. The Balaban J connectivity index is 0.000000218. The number of aliphatic hydroxyl groups excluding tert-OH is 2. The largest absolute Gasteiger partial charge is 0.495 e. The van der Waals surface area contributed by atoms with E-state index in [-0.39, 0.29) is 38.3 Å². The first kappa shape index (κ1) is 72.0. The van der Waals surface area contributed by atoms with Crippen LogP contribution in [0.1, 0.15) is 77.1 Å². The molecule has 2 aromatic carbocycles. The van der Waals surface area contributed by atoms with Crippen molar-refractivity contribution in [2.45, 2.75) is 116 Å². The van der Waals surface area contributed by atoms with Gasteiger partial charge in [0.2, 0.25) is 0 Å². The van der Waals surface area contributed by atoms with Gasteiger partial charge in [0.15, 0.2) is 0 Å². The Morgan fingerprint density at radius 2 is 1.22 bits per heavy atom. The number of hydrogen-bond acceptors (Lipinski definition) is 13. The highest BCUT2D eigenvalue weighted by atomic mass is 127. The molecule has 5 N–H and O–H groups in total. The van der Waals surface area contributed by atoms with Crippen LogP contribution in [0.2, 0.25) is 0 Å². The van der Waals surface area contributed by atoms with Crippen LogP contribution in [0.3, 0.4) is 0 Å². The second-order valence-corrected chi connectivity index (χ2v) is 24.7. The number of pyridine rings is 2. The Morgan fingerprint density at radius 3 is 1.72 bits per heavy atom.